The number of nitrogens with one attached hydrogen (secondary N) is 2. The van der Waals surface area contributed by atoms with Gasteiger partial charge in [0.1, 0.15) is 0 Å². The van der Waals surface area contributed by atoms with Crippen LogP contribution in [-0.2, 0) is 5.41 Å². The number of hydrogen-bond acceptors (Lipinski definition) is 3. The standard InChI is InChI=1S/C12H14N2O4/c1-12(2,6-13-10(15)16)7-3-4-8-9(5-7)18-11(17)14-8/h3-5,13H,6H2,1-2H3,(H,14,17)(H,15,16). The van der Waals surface area contributed by atoms with Gasteiger partial charge in [-0.3, -0.25) is 4.98 Å². The highest BCUT2D eigenvalue weighted by molar-refractivity contribution is 5.73. The molecule has 1 heterocycles. The zero-order chi connectivity index (χ0) is 13.3. The first kappa shape index (κ1) is 12.2. The number of carboxylic acid groups (broad SMARTS) is 1. The van der Waals surface area contributed by atoms with E-state index in [9.17, 15) is 9.59 Å². The summed E-state index contributed by atoms with van der Waals surface area (Å²) in [6.07, 6.45) is -1.06. The lowest BCUT2D eigenvalue weighted by Gasteiger charge is -2.24. The zero-order valence-electron chi connectivity index (χ0n) is 10.1. The summed E-state index contributed by atoms with van der Waals surface area (Å²) in [6.45, 7) is 4.10. The van der Waals surface area contributed by atoms with Crippen LogP contribution in [0.25, 0.3) is 11.1 Å². The predicted molar refractivity (Wildman–Crippen MR) is 65.9 cm³/mol. The maximum atomic E-state index is 11.1. The fraction of sp³-hybridized carbons (Fsp3) is 0.333. The molecule has 0 atom stereocenters. The number of carbonyl (C=O) groups is 1. The number of benzene rings is 1. The van der Waals surface area contributed by atoms with Gasteiger partial charge in [-0.15, -0.1) is 0 Å². The molecule has 2 aromatic rings. The normalized spacial score (nSPS) is 11.7. The first-order valence-corrected chi connectivity index (χ1v) is 5.49. The highest BCUT2D eigenvalue weighted by Crippen LogP contribution is 2.25. The number of H-pyrrole nitrogens is 1. The van der Waals surface area contributed by atoms with Gasteiger partial charge in [0.25, 0.3) is 0 Å². The Hall–Kier alpha value is -2.24. The molecule has 0 bridgehead atoms. The molecule has 6 nitrogen and oxygen atoms in total. The summed E-state index contributed by atoms with van der Waals surface area (Å²) >= 11 is 0. The SMILES string of the molecule is CC(C)(CNC(=O)O)c1ccc2[nH]c(=O)oc2c1. The number of aromatic nitrogens is 1. The van der Waals surface area contributed by atoms with E-state index in [-0.39, 0.29) is 12.0 Å². The van der Waals surface area contributed by atoms with Crippen LogP contribution < -0.4 is 11.1 Å². The Kier molecular flexibility index (Phi) is 2.86. The lowest BCUT2D eigenvalue weighted by molar-refractivity contribution is 0.192. The summed E-state index contributed by atoms with van der Waals surface area (Å²) in [5, 5.41) is 11.0. The van der Waals surface area contributed by atoms with Crippen LogP contribution in [0.5, 0.6) is 0 Å². The Morgan fingerprint density at radius 3 is 2.89 bits per heavy atom. The zero-order valence-corrected chi connectivity index (χ0v) is 10.1. The van der Waals surface area contributed by atoms with Crippen molar-refractivity contribution in [3.8, 4) is 0 Å². The van der Waals surface area contributed by atoms with Gasteiger partial charge in [-0.05, 0) is 17.7 Å². The lowest BCUT2D eigenvalue weighted by Crippen LogP contribution is -2.35. The second-order valence-electron chi connectivity index (χ2n) is 4.77. The number of amides is 1. The van der Waals surface area contributed by atoms with Gasteiger partial charge in [-0.2, -0.15) is 0 Å². The molecule has 0 aliphatic carbocycles. The molecule has 0 spiro atoms. The van der Waals surface area contributed by atoms with Gasteiger partial charge >= 0.3 is 11.8 Å². The van der Waals surface area contributed by atoms with Gasteiger partial charge in [-0.1, -0.05) is 19.9 Å². The Morgan fingerprint density at radius 2 is 2.22 bits per heavy atom. The highest BCUT2D eigenvalue weighted by Gasteiger charge is 2.22. The second-order valence-corrected chi connectivity index (χ2v) is 4.77. The molecule has 1 aromatic carbocycles. The molecule has 0 aliphatic heterocycles. The van der Waals surface area contributed by atoms with E-state index in [1.807, 2.05) is 19.9 Å². The summed E-state index contributed by atoms with van der Waals surface area (Å²) in [5.41, 5.74) is 1.61. The van der Waals surface area contributed by atoms with Gasteiger partial charge in [0.2, 0.25) is 0 Å². The van der Waals surface area contributed by atoms with Gasteiger partial charge in [-0.25, -0.2) is 9.59 Å². The van der Waals surface area contributed by atoms with Crippen LogP contribution in [0, 0.1) is 0 Å². The molecule has 0 radical (unpaired) electrons. The Balaban J connectivity index is 2.34. The number of aromatic amines is 1. The van der Waals surface area contributed by atoms with E-state index < -0.39 is 11.8 Å². The molecule has 1 amide bonds. The van der Waals surface area contributed by atoms with Crippen LogP contribution in [-0.4, -0.2) is 22.7 Å². The minimum absolute atomic E-state index is 0.280. The van der Waals surface area contributed by atoms with Crippen molar-refractivity contribution >= 4 is 17.2 Å². The molecule has 96 valence electrons. The summed E-state index contributed by atoms with van der Waals surface area (Å²) in [4.78, 5) is 24.1. The molecule has 0 saturated heterocycles. The number of rotatable bonds is 3. The van der Waals surface area contributed by atoms with Gasteiger partial charge in [0.15, 0.2) is 5.58 Å². The van der Waals surface area contributed by atoms with Gasteiger partial charge < -0.3 is 14.8 Å². The maximum absolute atomic E-state index is 11.1. The second kappa shape index (κ2) is 4.21. The van der Waals surface area contributed by atoms with Crippen molar-refractivity contribution in [2.45, 2.75) is 19.3 Å². The summed E-state index contributed by atoms with van der Waals surface area (Å²) in [6, 6.07) is 5.34. The third kappa shape index (κ3) is 2.37. The summed E-state index contributed by atoms with van der Waals surface area (Å²) < 4.78 is 4.98. The van der Waals surface area contributed by atoms with E-state index in [0.717, 1.165) is 5.56 Å². The van der Waals surface area contributed by atoms with Crippen molar-refractivity contribution in [1.29, 1.82) is 0 Å². The van der Waals surface area contributed by atoms with Crippen molar-refractivity contribution in [3.63, 3.8) is 0 Å². The molecule has 1 aromatic heterocycles. The number of fused-ring (bicyclic) bond motifs is 1. The topological polar surface area (TPSA) is 95.3 Å². The van der Waals surface area contributed by atoms with Crippen molar-refractivity contribution in [3.05, 3.63) is 34.3 Å². The van der Waals surface area contributed by atoms with Crippen molar-refractivity contribution < 1.29 is 14.3 Å². The Bertz CT molecular complexity index is 639. The first-order chi connectivity index (χ1) is 8.38. The van der Waals surface area contributed by atoms with E-state index in [1.165, 1.54) is 0 Å². The van der Waals surface area contributed by atoms with Crippen LogP contribution in [0.2, 0.25) is 0 Å². The average molecular weight is 250 g/mol. The Morgan fingerprint density at radius 1 is 1.50 bits per heavy atom. The van der Waals surface area contributed by atoms with E-state index in [0.29, 0.717) is 11.1 Å². The van der Waals surface area contributed by atoms with E-state index >= 15 is 0 Å². The molecule has 6 heteroatoms. The van der Waals surface area contributed by atoms with Crippen LogP contribution in [0.4, 0.5) is 4.79 Å². The van der Waals surface area contributed by atoms with Crippen molar-refractivity contribution in [2.75, 3.05) is 6.54 Å². The number of hydrogen-bond donors (Lipinski definition) is 3. The monoisotopic (exact) mass is 250 g/mol. The van der Waals surface area contributed by atoms with Gasteiger partial charge in [0, 0.05) is 12.0 Å². The first-order valence-electron chi connectivity index (χ1n) is 5.49. The quantitative estimate of drug-likeness (QED) is 0.772. The van der Waals surface area contributed by atoms with Gasteiger partial charge in [0.05, 0.1) is 5.52 Å². The highest BCUT2D eigenvalue weighted by atomic mass is 16.4. The van der Waals surface area contributed by atoms with Crippen LogP contribution >= 0.6 is 0 Å². The molecule has 0 fully saturated rings. The number of oxazole rings is 1. The maximum Gasteiger partial charge on any atom is 0.417 e. The largest absolute Gasteiger partial charge is 0.465 e. The molecule has 3 N–H and O–H groups in total. The van der Waals surface area contributed by atoms with Crippen LogP contribution in [0.1, 0.15) is 19.4 Å². The van der Waals surface area contributed by atoms with E-state index in [4.69, 9.17) is 9.52 Å². The molecular weight excluding hydrogens is 236 g/mol. The fourth-order valence-electron chi connectivity index (χ4n) is 1.76. The molecule has 2 rings (SSSR count). The summed E-state index contributed by atoms with van der Waals surface area (Å²) in [5.74, 6) is -0.497. The van der Waals surface area contributed by atoms with E-state index in [2.05, 4.69) is 10.3 Å². The van der Waals surface area contributed by atoms with Crippen molar-refractivity contribution in [1.82, 2.24) is 10.3 Å². The Labute approximate surface area is 103 Å². The minimum atomic E-state index is -1.06. The molecule has 18 heavy (non-hydrogen) atoms. The molecule has 0 aliphatic rings. The van der Waals surface area contributed by atoms with Crippen molar-refractivity contribution in [2.24, 2.45) is 0 Å². The predicted octanol–water partition coefficient (Wildman–Crippen LogP) is 1.67. The molecule has 0 unspecified atom stereocenters. The third-order valence-corrected chi connectivity index (χ3v) is 2.88. The lowest BCUT2D eigenvalue weighted by atomic mass is 9.84. The third-order valence-electron chi connectivity index (χ3n) is 2.88. The van der Waals surface area contributed by atoms with Crippen LogP contribution in [0.3, 0.4) is 0 Å². The van der Waals surface area contributed by atoms with Crippen LogP contribution in [0.15, 0.2) is 27.4 Å². The summed E-state index contributed by atoms with van der Waals surface area (Å²) in [7, 11) is 0. The smallest absolute Gasteiger partial charge is 0.417 e. The average Bonchev–Trinajstić information content (AvgIpc) is 2.65. The molecular formula is C12H14N2O4. The molecule has 0 saturated carbocycles. The fourth-order valence-corrected chi connectivity index (χ4v) is 1.76. The van der Waals surface area contributed by atoms with E-state index in [1.54, 1.807) is 12.1 Å². The minimum Gasteiger partial charge on any atom is -0.465 e.